The van der Waals surface area contributed by atoms with Gasteiger partial charge in [-0.25, -0.2) is 0 Å². The van der Waals surface area contributed by atoms with E-state index in [1.807, 2.05) is 0 Å². The number of hydrogen-bond acceptors (Lipinski definition) is 5. The summed E-state index contributed by atoms with van der Waals surface area (Å²) in [4.78, 5) is 23.7. The lowest BCUT2D eigenvalue weighted by atomic mass is 9.78. The van der Waals surface area contributed by atoms with E-state index in [1.165, 1.54) is 6.20 Å². The molecule has 0 aromatic carbocycles. The van der Waals surface area contributed by atoms with Crippen molar-refractivity contribution in [2.45, 2.75) is 56.6 Å². The van der Waals surface area contributed by atoms with Gasteiger partial charge in [-0.3, -0.25) is 14.3 Å². The van der Waals surface area contributed by atoms with E-state index in [4.69, 9.17) is 5.73 Å². The Balaban J connectivity index is 1.92. The Morgan fingerprint density at radius 3 is 2.62 bits per heavy atom. The molecule has 2 aliphatic rings. The molecule has 128 valence electrons. The summed E-state index contributed by atoms with van der Waals surface area (Å²) in [6.45, 7) is 0. The van der Waals surface area contributed by atoms with Gasteiger partial charge in [-0.2, -0.15) is 10.4 Å². The first-order valence-corrected chi connectivity index (χ1v) is 8.21. The molecule has 0 aliphatic heterocycles. The average molecular weight is 331 g/mol. The second-order valence-corrected chi connectivity index (χ2v) is 6.75. The highest BCUT2D eigenvalue weighted by molar-refractivity contribution is 6.02. The zero-order valence-electron chi connectivity index (χ0n) is 13.4. The summed E-state index contributed by atoms with van der Waals surface area (Å²) in [6.07, 6.45) is 5.33. The second kappa shape index (κ2) is 6.24. The largest absolute Gasteiger partial charge is 0.393 e. The lowest BCUT2D eigenvalue weighted by molar-refractivity contribution is -0.117. The van der Waals surface area contributed by atoms with Crippen molar-refractivity contribution in [3.8, 4) is 6.07 Å². The van der Waals surface area contributed by atoms with Crippen LogP contribution in [0.3, 0.4) is 0 Å². The highest BCUT2D eigenvalue weighted by Crippen LogP contribution is 2.38. The number of nitriles is 1. The zero-order chi connectivity index (χ0) is 17.3. The van der Waals surface area contributed by atoms with Crippen LogP contribution in [0.5, 0.6) is 0 Å². The SMILES string of the molecule is N#CCC1(n2cc(C(N)=O)c(NC(=O)C3CC3)n2)CCC(O)CC1. The normalized spacial score (nSPS) is 26.6. The van der Waals surface area contributed by atoms with E-state index in [1.54, 1.807) is 4.68 Å². The van der Waals surface area contributed by atoms with Gasteiger partial charge in [0.25, 0.3) is 5.91 Å². The van der Waals surface area contributed by atoms with Crippen molar-refractivity contribution >= 4 is 17.6 Å². The molecule has 0 atom stereocenters. The number of aromatic nitrogens is 2. The molecular formula is C16H21N5O3. The molecule has 4 N–H and O–H groups in total. The number of primary amides is 1. The molecule has 0 radical (unpaired) electrons. The predicted molar refractivity (Wildman–Crippen MR) is 84.8 cm³/mol. The molecule has 1 aromatic rings. The number of rotatable bonds is 5. The quantitative estimate of drug-likeness (QED) is 0.736. The van der Waals surface area contributed by atoms with Crippen LogP contribution >= 0.6 is 0 Å². The number of carbonyl (C=O) groups excluding carboxylic acids is 2. The summed E-state index contributed by atoms with van der Waals surface area (Å²) in [7, 11) is 0. The molecule has 1 heterocycles. The number of aliphatic hydroxyl groups is 1. The maximum absolute atomic E-state index is 12.0. The number of carbonyl (C=O) groups is 2. The highest BCUT2D eigenvalue weighted by Gasteiger charge is 2.39. The fourth-order valence-electron chi connectivity index (χ4n) is 3.23. The van der Waals surface area contributed by atoms with E-state index in [2.05, 4.69) is 16.5 Å². The van der Waals surface area contributed by atoms with Crippen LogP contribution in [0.15, 0.2) is 6.20 Å². The van der Waals surface area contributed by atoms with Crippen LogP contribution in [0, 0.1) is 17.2 Å². The Hall–Kier alpha value is -2.40. The van der Waals surface area contributed by atoms with Gasteiger partial charge in [-0.1, -0.05) is 0 Å². The predicted octanol–water partition coefficient (Wildman–Crippen LogP) is 0.874. The van der Waals surface area contributed by atoms with Crippen LogP contribution in [-0.2, 0) is 10.3 Å². The first-order chi connectivity index (χ1) is 11.4. The molecule has 8 nitrogen and oxygen atoms in total. The van der Waals surface area contributed by atoms with Crippen molar-refractivity contribution in [1.82, 2.24) is 9.78 Å². The van der Waals surface area contributed by atoms with Crippen molar-refractivity contribution in [3.05, 3.63) is 11.8 Å². The van der Waals surface area contributed by atoms with Gasteiger partial charge in [0.2, 0.25) is 5.91 Å². The summed E-state index contributed by atoms with van der Waals surface area (Å²) in [6, 6.07) is 2.17. The van der Waals surface area contributed by atoms with Gasteiger partial charge < -0.3 is 16.2 Å². The molecule has 8 heteroatoms. The minimum absolute atomic E-state index is 0.0197. The fourth-order valence-corrected chi connectivity index (χ4v) is 3.23. The first kappa shape index (κ1) is 16.5. The van der Waals surface area contributed by atoms with Crippen LogP contribution in [0.25, 0.3) is 0 Å². The van der Waals surface area contributed by atoms with Crippen molar-refractivity contribution in [2.24, 2.45) is 11.7 Å². The molecule has 2 fully saturated rings. The third-order valence-corrected chi connectivity index (χ3v) is 4.95. The lowest BCUT2D eigenvalue weighted by Crippen LogP contribution is -2.39. The Morgan fingerprint density at radius 1 is 1.42 bits per heavy atom. The molecule has 0 unspecified atom stereocenters. The Bertz CT molecular complexity index is 693. The van der Waals surface area contributed by atoms with Gasteiger partial charge in [-0.15, -0.1) is 0 Å². The second-order valence-electron chi connectivity index (χ2n) is 6.75. The fraction of sp³-hybridized carbons (Fsp3) is 0.625. The number of aliphatic hydroxyl groups excluding tert-OH is 1. The topological polar surface area (TPSA) is 134 Å². The first-order valence-electron chi connectivity index (χ1n) is 8.21. The van der Waals surface area contributed by atoms with Crippen molar-refractivity contribution < 1.29 is 14.7 Å². The van der Waals surface area contributed by atoms with Crippen LogP contribution in [0.4, 0.5) is 5.82 Å². The van der Waals surface area contributed by atoms with E-state index in [9.17, 15) is 20.0 Å². The minimum atomic E-state index is -0.671. The third kappa shape index (κ3) is 3.12. The number of nitrogens with two attached hydrogens (primary N) is 1. The molecule has 3 rings (SSSR count). The summed E-state index contributed by atoms with van der Waals surface area (Å²) in [5.41, 5.74) is 4.98. The summed E-state index contributed by atoms with van der Waals surface area (Å²) in [5.74, 6) is -0.692. The molecule has 2 aliphatic carbocycles. The van der Waals surface area contributed by atoms with Gasteiger partial charge in [-0.05, 0) is 38.5 Å². The molecule has 2 amide bonds. The molecule has 0 spiro atoms. The number of hydrogen-bond donors (Lipinski definition) is 3. The maximum Gasteiger partial charge on any atom is 0.254 e. The van der Waals surface area contributed by atoms with Crippen LogP contribution in [0.1, 0.15) is 55.3 Å². The summed E-state index contributed by atoms with van der Waals surface area (Å²) in [5, 5.41) is 26.0. The van der Waals surface area contributed by atoms with Gasteiger partial charge in [0, 0.05) is 12.1 Å². The van der Waals surface area contributed by atoms with Gasteiger partial charge in [0.05, 0.1) is 24.1 Å². The number of amides is 2. The van der Waals surface area contributed by atoms with Crippen molar-refractivity contribution in [3.63, 3.8) is 0 Å². The minimum Gasteiger partial charge on any atom is -0.393 e. The van der Waals surface area contributed by atoms with Crippen molar-refractivity contribution in [2.75, 3.05) is 5.32 Å². The Labute approximate surface area is 139 Å². The third-order valence-electron chi connectivity index (χ3n) is 4.95. The average Bonchev–Trinajstić information content (AvgIpc) is 3.31. The molecule has 0 bridgehead atoms. The standard InChI is InChI=1S/C16H21N5O3/c17-8-7-16(5-3-11(22)4-6-16)21-9-12(13(18)23)14(20-21)19-15(24)10-1-2-10/h9-11,22H,1-7H2,(H2,18,23)(H,19,20,24). The molecule has 1 aromatic heterocycles. The van der Waals surface area contributed by atoms with E-state index in [0.717, 1.165) is 12.8 Å². The van der Waals surface area contributed by atoms with E-state index >= 15 is 0 Å². The number of anilines is 1. The molecular weight excluding hydrogens is 310 g/mol. The highest BCUT2D eigenvalue weighted by atomic mass is 16.3. The Kier molecular flexibility index (Phi) is 4.28. The van der Waals surface area contributed by atoms with Gasteiger partial charge in [0.1, 0.15) is 5.56 Å². The number of nitrogens with zero attached hydrogens (tertiary/aromatic N) is 3. The number of nitrogens with one attached hydrogen (secondary N) is 1. The zero-order valence-corrected chi connectivity index (χ0v) is 13.4. The van der Waals surface area contributed by atoms with E-state index in [0.29, 0.717) is 25.7 Å². The van der Waals surface area contributed by atoms with Crippen molar-refractivity contribution in [1.29, 1.82) is 5.26 Å². The molecule has 24 heavy (non-hydrogen) atoms. The smallest absolute Gasteiger partial charge is 0.254 e. The van der Waals surface area contributed by atoms with Crippen LogP contribution < -0.4 is 11.1 Å². The maximum atomic E-state index is 12.0. The van der Waals surface area contributed by atoms with Crippen LogP contribution in [-0.4, -0.2) is 32.8 Å². The Morgan fingerprint density at radius 2 is 2.08 bits per heavy atom. The summed E-state index contributed by atoms with van der Waals surface area (Å²) >= 11 is 0. The monoisotopic (exact) mass is 331 g/mol. The van der Waals surface area contributed by atoms with Gasteiger partial charge >= 0.3 is 0 Å². The molecule has 2 saturated carbocycles. The lowest BCUT2D eigenvalue weighted by Gasteiger charge is -2.37. The van der Waals surface area contributed by atoms with E-state index in [-0.39, 0.29) is 35.7 Å². The van der Waals surface area contributed by atoms with Gasteiger partial charge in [0.15, 0.2) is 5.82 Å². The summed E-state index contributed by atoms with van der Waals surface area (Å²) < 4.78 is 1.59. The van der Waals surface area contributed by atoms with Crippen LogP contribution in [0.2, 0.25) is 0 Å². The van der Waals surface area contributed by atoms with E-state index < -0.39 is 11.4 Å². The molecule has 0 saturated heterocycles.